The van der Waals surface area contributed by atoms with Gasteiger partial charge >= 0.3 is 0 Å². The van der Waals surface area contributed by atoms with E-state index in [1.165, 1.54) is 17.0 Å². The van der Waals surface area contributed by atoms with E-state index < -0.39 is 0 Å². The van der Waals surface area contributed by atoms with E-state index in [9.17, 15) is 4.79 Å². The van der Waals surface area contributed by atoms with Crippen LogP contribution in [0.2, 0.25) is 5.22 Å². The van der Waals surface area contributed by atoms with Crippen molar-refractivity contribution >= 4 is 29.1 Å². The lowest BCUT2D eigenvalue weighted by atomic mass is 10.4. The summed E-state index contributed by atoms with van der Waals surface area (Å²) in [6.45, 7) is 0.485. The second kappa shape index (κ2) is 4.53. The zero-order valence-electron chi connectivity index (χ0n) is 7.09. The highest BCUT2D eigenvalue weighted by Gasteiger charge is 2.14. The minimum atomic E-state index is -0.215. The minimum absolute atomic E-state index is 0.211. The summed E-state index contributed by atoms with van der Waals surface area (Å²) in [4.78, 5) is 12.9. The fourth-order valence-electron chi connectivity index (χ4n) is 0.846. The topological polar surface area (TPSA) is 33.5 Å². The maximum Gasteiger partial charge on any atom is 0.289 e. The number of halogens is 2. The summed E-state index contributed by atoms with van der Waals surface area (Å²) in [5.74, 6) is 0.418. The largest absolute Gasteiger partial charge is 0.440 e. The SMILES string of the molecule is CN(CCCl)C(=O)c1ccc(Cl)o1. The Balaban J connectivity index is 2.67. The van der Waals surface area contributed by atoms with E-state index in [4.69, 9.17) is 27.6 Å². The number of furan rings is 1. The highest BCUT2D eigenvalue weighted by atomic mass is 35.5. The molecule has 0 N–H and O–H groups in total. The number of carbonyl (C=O) groups excluding carboxylic acids is 1. The first kappa shape index (κ1) is 10.4. The van der Waals surface area contributed by atoms with Crippen molar-refractivity contribution in [3.63, 3.8) is 0 Å². The first-order valence-electron chi connectivity index (χ1n) is 3.72. The van der Waals surface area contributed by atoms with E-state index in [-0.39, 0.29) is 16.9 Å². The first-order chi connectivity index (χ1) is 6.15. The number of carbonyl (C=O) groups is 1. The van der Waals surface area contributed by atoms with Crippen LogP contribution in [0.25, 0.3) is 0 Å². The van der Waals surface area contributed by atoms with Crippen LogP contribution in [0.15, 0.2) is 16.5 Å². The normalized spacial score (nSPS) is 10.1. The average Bonchev–Trinajstić information content (AvgIpc) is 2.51. The highest BCUT2D eigenvalue weighted by molar-refractivity contribution is 6.29. The molecule has 1 rings (SSSR count). The second-order valence-corrected chi connectivity index (χ2v) is 3.27. The zero-order valence-corrected chi connectivity index (χ0v) is 8.60. The van der Waals surface area contributed by atoms with Gasteiger partial charge in [-0.2, -0.15) is 0 Å². The van der Waals surface area contributed by atoms with E-state index in [0.29, 0.717) is 12.4 Å². The fourth-order valence-corrected chi connectivity index (χ4v) is 1.25. The Bertz CT molecular complexity index is 298. The Morgan fingerprint density at radius 2 is 2.31 bits per heavy atom. The molecule has 0 aromatic carbocycles. The maximum absolute atomic E-state index is 11.5. The van der Waals surface area contributed by atoms with Crippen molar-refractivity contribution in [3.05, 3.63) is 23.1 Å². The molecule has 0 radical (unpaired) electrons. The lowest BCUT2D eigenvalue weighted by Crippen LogP contribution is -2.28. The summed E-state index contributed by atoms with van der Waals surface area (Å²) >= 11 is 11.0. The Morgan fingerprint density at radius 3 is 2.77 bits per heavy atom. The molecule has 1 amide bonds. The summed E-state index contributed by atoms with van der Waals surface area (Å²) in [6.07, 6.45) is 0. The van der Waals surface area contributed by atoms with Gasteiger partial charge in [-0.05, 0) is 23.7 Å². The predicted molar refractivity (Wildman–Crippen MR) is 51.4 cm³/mol. The van der Waals surface area contributed by atoms with E-state index in [1.54, 1.807) is 7.05 Å². The van der Waals surface area contributed by atoms with Gasteiger partial charge in [-0.15, -0.1) is 11.6 Å². The van der Waals surface area contributed by atoms with Crippen molar-refractivity contribution < 1.29 is 9.21 Å². The van der Waals surface area contributed by atoms with Crippen LogP contribution in [0.3, 0.4) is 0 Å². The van der Waals surface area contributed by atoms with Gasteiger partial charge in [-0.3, -0.25) is 4.79 Å². The molecule has 13 heavy (non-hydrogen) atoms. The van der Waals surface area contributed by atoms with E-state index >= 15 is 0 Å². The molecule has 3 nitrogen and oxygen atoms in total. The van der Waals surface area contributed by atoms with E-state index in [1.807, 2.05) is 0 Å². The molecule has 0 spiro atoms. The van der Waals surface area contributed by atoms with E-state index in [0.717, 1.165) is 0 Å². The number of amides is 1. The Kier molecular flexibility index (Phi) is 3.63. The Hall–Kier alpha value is -0.670. The number of hydrogen-bond donors (Lipinski definition) is 0. The van der Waals surface area contributed by atoms with Gasteiger partial charge in [0.05, 0.1) is 0 Å². The molecule has 0 saturated carbocycles. The van der Waals surface area contributed by atoms with Crippen LogP contribution in [0, 0.1) is 0 Å². The molecule has 0 fully saturated rings. The molecule has 0 aliphatic carbocycles. The number of hydrogen-bond acceptors (Lipinski definition) is 2. The molecule has 5 heteroatoms. The van der Waals surface area contributed by atoms with Crippen molar-refractivity contribution in [1.82, 2.24) is 4.90 Å². The van der Waals surface area contributed by atoms with E-state index in [2.05, 4.69) is 0 Å². The highest BCUT2D eigenvalue weighted by Crippen LogP contribution is 2.14. The van der Waals surface area contributed by atoms with Crippen LogP contribution in [0.1, 0.15) is 10.6 Å². The molecule has 72 valence electrons. The average molecular weight is 222 g/mol. The lowest BCUT2D eigenvalue weighted by Gasteiger charge is -2.12. The van der Waals surface area contributed by atoms with Crippen LogP contribution in [0.5, 0.6) is 0 Å². The van der Waals surface area contributed by atoms with Gasteiger partial charge in [0.1, 0.15) is 0 Å². The van der Waals surface area contributed by atoms with Crippen LogP contribution in [-0.4, -0.2) is 30.3 Å². The predicted octanol–water partition coefficient (Wildman–Crippen LogP) is 2.24. The second-order valence-electron chi connectivity index (χ2n) is 2.52. The number of alkyl halides is 1. The Labute approximate surface area is 86.2 Å². The van der Waals surface area contributed by atoms with Crippen LogP contribution >= 0.6 is 23.2 Å². The molecule has 0 bridgehead atoms. The summed E-state index contributed by atoms with van der Waals surface area (Å²) in [6, 6.07) is 3.07. The van der Waals surface area contributed by atoms with Crippen LogP contribution < -0.4 is 0 Å². The lowest BCUT2D eigenvalue weighted by molar-refractivity contribution is 0.0772. The van der Waals surface area contributed by atoms with Gasteiger partial charge in [0.25, 0.3) is 5.91 Å². The molecule has 0 unspecified atom stereocenters. The molecule has 0 aliphatic heterocycles. The van der Waals surface area contributed by atoms with Crippen LogP contribution in [0.4, 0.5) is 0 Å². The third-order valence-electron chi connectivity index (χ3n) is 1.55. The smallest absolute Gasteiger partial charge is 0.289 e. The molecule has 1 aromatic heterocycles. The van der Waals surface area contributed by atoms with Crippen LogP contribution in [-0.2, 0) is 0 Å². The third-order valence-corrected chi connectivity index (χ3v) is 1.92. The standard InChI is InChI=1S/C8H9Cl2NO2/c1-11(5-4-9)8(12)6-2-3-7(10)13-6/h2-3H,4-5H2,1H3. The van der Waals surface area contributed by atoms with Crippen molar-refractivity contribution in [2.45, 2.75) is 0 Å². The summed E-state index contributed by atoms with van der Waals surface area (Å²) < 4.78 is 4.94. The van der Waals surface area contributed by atoms with Gasteiger partial charge in [0.2, 0.25) is 0 Å². The molecule has 0 aliphatic rings. The van der Waals surface area contributed by atoms with Crippen molar-refractivity contribution in [2.75, 3.05) is 19.5 Å². The maximum atomic E-state index is 11.5. The molecular formula is C8H9Cl2NO2. The number of nitrogens with zero attached hydrogens (tertiary/aromatic N) is 1. The van der Waals surface area contributed by atoms with Gasteiger partial charge in [0.15, 0.2) is 11.0 Å². The van der Waals surface area contributed by atoms with Gasteiger partial charge in [-0.1, -0.05) is 0 Å². The summed E-state index contributed by atoms with van der Waals surface area (Å²) in [7, 11) is 1.65. The third kappa shape index (κ3) is 2.64. The fraction of sp³-hybridized carbons (Fsp3) is 0.375. The summed E-state index contributed by atoms with van der Waals surface area (Å²) in [5.41, 5.74) is 0. The Morgan fingerprint density at radius 1 is 1.62 bits per heavy atom. The van der Waals surface area contributed by atoms with Crippen molar-refractivity contribution in [1.29, 1.82) is 0 Å². The summed E-state index contributed by atoms with van der Waals surface area (Å²) in [5, 5.41) is 0.211. The monoisotopic (exact) mass is 221 g/mol. The minimum Gasteiger partial charge on any atom is -0.440 e. The zero-order chi connectivity index (χ0) is 9.84. The number of rotatable bonds is 3. The first-order valence-corrected chi connectivity index (χ1v) is 4.63. The molecular weight excluding hydrogens is 213 g/mol. The quantitative estimate of drug-likeness (QED) is 0.735. The van der Waals surface area contributed by atoms with Crippen molar-refractivity contribution in [2.24, 2.45) is 0 Å². The molecule has 0 atom stereocenters. The molecule has 0 saturated heterocycles. The van der Waals surface area contributed by atoms with Gasteiger partial charge in [0, 0.05) is 19.5 Å². The molecule has 1 heterocycles. The van der Waals surface area contributed by atoms with Crippen molar-refractivity contribution in [3.8, 4) is 0 Å². The van der Waals surface area contributed by atoms with Gasteiger partial charge in [-0.25, -0.2) is 0 Å². The molecule has 1 aromatic rings. The van der Waals surface area contributed by atoms with Gasteiger partial charge < -0.3 is 9.32 Å².